The van der Waals surface area contributed by atoms with Gasteiger partial charge in [-0.05, 0) is 36.4 Å². The van der Waals surface area contributed by atoms with Crippen LogP contribution in [0.2, 0.25) is 0 Å². The van der Waals surface area contributed by atoms with E-state index in [1.54, 1.807) is 11.8 Å². The number of aliphatic imine (C=N–C) groups is 1. The summed E-state index contributed by atoms with van der Waals surface area (Å²) in [5.74, 6) is 1.40. The highest BCUT2D eigenvalue weighted by Crippen LogP contribution is 2.31. The molecule has 0 bridgehead atoms. The number of guanidine groups is 1. The van der Waals surface area contributed by atoms with E-state index >= 15 is 0 Å². The molecule has 0 radical (unpaired) electrons. The maximum absolute atomic E-state index is 6.12. The van der Waals surface area contributed by atoms with Gasteiger partial charge in [-0.1, -0.05) is 30.3 Å². The largest absolute Gasteiger partial charge is 0.493 e. The molecule has 6 heteroatoms. The number of halogens is 1. The Labute approximate surface area is 170 Å². The van der Waals surface area contributed by atoms with Crippen molar-refractivity contribution in [3.05, 3.63) is 59.2 Å². The molecule has 134 valence electrons. The number of nitrogens with two attached hydrogens (primary N) is 1. The second-order valence-corrected chi connectivity index (χ2v) is 6.74. The van der Waals surface area contributed by atoms with Crippen LogP contribution in [0.3, 0.4) is 0 Å². The number of rotatable bonds is 4. The molecule has 0 aliphatic carbocycles. The maximum Gasteiger partial charge on any atom is 0.189 e. The number of ether oxygens (including phenoxy) is 1. The summed E-state index contributed by atoms with van der Waals surface area (Å²) in [5.41, 5.74) is 9.72. The second-order valence-electron chi connectivity index (χ2n) is 5.89. The minimum atomic E-state index is 0. The van der Waals surface area contributed by atoms with Crippen LogP contribution < -0.4 is 15.8 Å². The van der Waals surface area contributed by atoms with Crippen LogP contribution in [0, 0.1) is 6.92 Å². The molecule has 3 rings (SSSR count). The van der Waals surface area contributed by atoms with E-state index < -0.39 is 0 Å². The lowest BCUT2D eigenvalue weighted by Gasteiger charge is -2.27. The number of nitrogens with one attached hydrogen (secondary N) is 1. The molecule has 0 aromatic heterocycles. The number of thioether (sulfide) groups is 1. The van der Waals surface area contributed by atoms with Gasteiger partial charge >= 0.3 is 0 Å². The highest BCUT2D eigenvalue weighted by Gasteiger charge is 2.21. The number of benzene rings is 2. The van der Waals surface area contributed by atoms with E-state index in [1.807, 2.05) is 18.2 Å². The SMILES string of the molecule is CSc1cc(C)ccc1CN=C(N)NC1CCOc2ccccc21.I. The van der Waals surface area contributed by atoms with Crippen molar-refractivity contribution in [1.82, 2.24) is 5.32 Å². The predicted molar refractivity (Wildman–Crippen MR) is 116 cm³/mol. The Bertz CT molecular complexity index is 751. The molecule has 3 N–H and O–H groups in total. The topological polar surface area (TPSA) is 59.6 Å². The summed E-state index contributed by atoms with van der Waals surface area (Å²) in [6.45, 7) is 3.38. The molecule has 0 saturated carbocycles. The van der Waals surface area contributed by atoms with Gasteiger partial charge in [0.15, 0.2) is 5.96 Å². The third-order valence-corrected chi connectivity index (χ3v) is 4.96. The fourth-order valence-electron chi connectivity index (χ4n) is 2.87. The summed E-state index contributed by atoms with van der Waals surface area (Å²) in [5, 5.41) is 3.34. The number of aryl methyl sites for hydroxylation is 1. The number of hydrogen-bond donors (Lipinski definition) is 2. The summed E-state index contributed by atoms with van der Waals surface area (Å²) < 4.78 is 5.68. The van der Waals surface area contributed by atoms with E-state index in [2.05, 4.69) is 47.8 Å². The van der Waals surface area contributed by atoms with Gasteiger partial charge in [0.05, 0.1) is 19.2 Å². The van der Waals surface area contributed by atoms with Gasteiger partial charge in [0, 0.05) is 16.9 Å². The summed E-state index contributed by atoms with van der Waals surface area (Å²) >= 11 is 1.74. The van der Waals surface area contributed by atoms with E-state index in [0.29, 0.717) is 19.1 Å². The van der Waals surface area contributed by atoms with Crippen LogP contribution in [0.1, 0.15) is 29.2 Å². The quantitative estimate of drug-likeness (QED) is 0.304. The van der Waals surface area contributed by atoms with E-state index in [0.717, 1.165) is 17.7 Å². The standard InChI is InChI=1S/C19H23N3OS.HI/c1-13-7-8-14(18(11-13)24-2)12-21-19(20)22-16-9-10-23-17-6-4-3-5-15(16)17;/h3-8,11,16H,9-10,12H2,1-2H3,(H3,20,21,22);1H. The van der Waals surface area contributed by atoms with Crippen LogP contribution >= 0.6 is 35.7 Å². The van der Waals surface area contributed by atoms with Gasteiger partial charge in [0.25, 0.3) is 0 Å². The molecule has 0 fully saturated rings. The van der Waals surface area contributed by atoms with Gasteiger partial charge in [-0.25, -0.2) is 4.99 Å². The van der Waals surface area contributed by atoms with Crippen molar-refractivity contribution in [2.75, 3.05) is 12.9 Å². The Morgan fingerprint density at radius 1 is 1.32 bits per heavy atom. The molecule has 25 heavy (non-hydrogen) atoms. The van der Waals surface area contributed by atoms with Crippen LogP contribution in [0.5, 0.6) is 5.75 Å². The first-order valence-electron chi connectivity index (χ1n) is 8.09. The van der Waals surface area contributed by atoms with Gasteiger partial charge in [0.2, 0.25) is 0 Å². The van der Waals surface area contributed by atoms with Gasteiger partial charge in [-0.15, -0.1) is 35.7 Å². The Hall–Kier alpha value is -1.41. The van der Waals surface area contributed by atoms with E-state index in [9.17, 15) is 0 Å². The first-order chi connectivity index (χ1) is 11.7. The van der Waals surface area contributed by atoms with Crippen molar-refractivity contribution in [3.8, 4) is 5.75 Å². The van der Waals surface area contributed by atoms with E-state index in [1.165, 1.54) is 16.0 Å². The minimum Gasteiger partial charge on any atom is -0.493 e. The highest BCUT2D eigenvalue weighted by atomic mass is 127. The molecular formula is C19H24IN3OS. The van der Waals surface area contributed by atoms with Crippen molar-refractivity contribution >= 4 is 41.7 Å². The Kier molecular flexibility index (Phi) is 7.43. The molecule has 4 nitrogen and oxygen atoms in total. The lowest BCUT2D eigenvalue weighted by atomic mass is 10.0. The molecule has 1 aliphatic rings. The first-order valence-corrected chi connectivity index (χ1v) is 9.31. The van der Waals surface area contributed by atoms with Crippen molar-refractivity contribution in [1.29, 1.82) is 0 Å². The zero-order valence-corrected chi connectivity index (χ0v) is 17.6. The van der Waals surface area contributed by atoms with Crippen LogP contribution in [-0.4, -0.2) is 18.8 Å². The molecular weight excluding hydrogens is 445 g/mol. The fraction of sp³-hybridized carbons (Fsp3) is 0.316. The lowest BCUT2D eigenvalue weighted by Crippen LogP contribution is -2.37. The molecule has 0 amide bonds. The van der Waals surface area contributed by atoms with Crippen molar-refractivity contribution < 1.29 is 4.74 Å². The molecule has 0 saturated heterocycles. The smallest absolute Gasteiger partial charge is 0.189 e. The number of fused-ring (bicyclic) bond motifs is 1. The summed E-state index contributed by atoms with van der Waals surface area (Å²) in [6, 6.07) is 14.7. The number of para-hydroxylation sites is 1. The molecule has 0 spiro atoms. The molecule has 1 atom stereocenters. The molecule has 2 aromatic rings. The summed E-state index contributed by atoms with van der Waals surface area (Å²) in [6.07, 6.45) is 2.97. The van der Waals surface area contributed by atoms with Crippen molar-refractivity contribution in [2.24, 2.45) is 10.7 Å². The number of nitrogens with zero attached hydrogens (tertiary/aromatic N) is 1. The van der Waals surface area contributed by atoms with Crippen LogP contribution in [-0.2, 0) is 6.54 Å². The van der Waals surface area contributed by atoms with Crippen LogP contribution in [0.25, 0.3) is 0 Å². The Morgan fingerprint density at radius 3 is 2.92 bits per heavy atom. The Balaban J connectivity index is 0.00000225. The third-order valence-electron chi connectivity index (χ3n) is 4.14. The minimum absolute atomic E-state index is 0. The van der Waals surface area contributed by atoms with Gasteiger partial charge in [0.1, 0.15) is 5.75 Å². The van der Waals surface area contributed by atoms with Gasteiger partial charge in [-0.2, -0.15) is 0 Å². The molecule has 1 unspecified atom stereocenters. The van der Waals surface area contributed by atoms with Crippen molar-refractivity contribution in [2.45, 2.75) is 30.8 Å². The van der Waals surface area contributed by atoms with E-state index in [4.69, 9.17) is 10.5 Å². The van der Waals surface area contributed by atoms with E-state index in [-0.39, 0.29) is 30.0 Å². The molecule has 1 heterocycles. The van der Waals surface area contributed by atoms with Crippen molar-refractivity contribution in [3.63, 3.8) is 0 Å². The summed E-state index contributed by atoms with van der Waals surface area (Å²) in [4.78, 5) is 5.78. The average molecular weight is 469 g/mol. The number of hydrogen-bond acceptors (Lipinski definition) is 3. The zero-order valence-electron chi connectivity index (χ0n) is 14.5. The van der Waals surface area contributed by atoms with Crippen LogP contribution in [0.15, 0.2) is 52.4 Å². The lowest BCUT2D eigenvalue weighted by molar-refractivity contribution is 0.262. The monoisotopic (exact) mass is 469 g/mol. The third kappa shape index (κ3) is 5.04. The average Bonchev–Trinajstić information content (AvgIpc) is 2.61. The van der Waals surface area contributed by atoms with Gasteiger partial charge < -0.3 is 15.8 Å². The fourth-order valence-corrected chi connectivity index (χ4v) is 3.57. The normalized spacial score (nSPS) is 16.4. The first kappa shape index (κ1) is 19.9. The second kappa shape index (κ2) is 9.33. The summed E-state index contributed by atoms with van der Waals surface area (Å²) in [7, 11) is 0. The Morgan fingerprint density at radius 2 is 2.12 bits per heavy atom. The zero-order chi connectivity index (χ0) is 16.9. The maximum atomic E-state index is 6.12. The highest BCUT2D eigenvalue weighted by molar-refractivity contribution is 14.0. The molecule has 1 aliphatic heterocycles. The molecule has 2 aromatic carbocycles. The van der Waals surface area contributed by atoms with Gasteiger partial charge in [-0.3, -0.25) is 0 Å². The van der Waals surface area contributed by atoms with Crippen LogP contribution in [0.4, 0.5) is 0 Å². The predicted octanol–water partition coefficient (Wildman–Crippen LogP) is 4.26.